The fourth-order valence-electron chi connectivity index (χ4n) is 18.7. The van der Waals surface area contributed by atoms with Crippen molar-refractivity contribution >= 4 is 29.8 Å². The zero-order valence-electron chi connectivity index (χ0n) is 84.6. The van der Waals surface area contributed by atoms with Crippen LogP contribution >= 0.6 is 0 Å². The second-order valence-corrected chi connectivity index (χ2v) is 39.5. The second-order valence-electron chi connectivity index (χ2n) is 39.5. The summed E-state index contributed by atoms with van der Waals surface area (Å²) in [6, 6.07) is 0. The minimum absolute atomic E-state index is 0.00534. The molecule has 0 aliphatic heterocycles. The third-order valence-corrected chi connectivity index (χ3v) is 26.9. The van der Waals surface area contributed by atoms with Gasteiger partial charge in [0.2, 0.25) is 5.91 Å². The molecule has 0 saturated carbocycles. The predicted octanol–water partition coefficient (Wildman–Crippen LogP) is 32.2. The first kappa shape index (κ1) is 120. The normalized spacial score (nSPS) is 12.3. The van der Waals surface area contributed by atoms with Gasteiger partial charge in [0, 0.05) is 45.2 Å². The fraction of sp³-hybridized carbons (Fsp3) is 0.955. The van der Waals surface area contributed by atoms with E-state index in [0.29, 0.717) is 58.5 Å². The Labute approximate surface area is 767 Å². The maximum atomic E-state index is 13.4. The third kappa shape index (κ3) is 89.6. The van der Waals surface area contributed by atoms with Gasteiger partial charge in [-0.05, 0) is 207 Å². The number of esters is 4. The molecule has 0 bridgehead atoms. The van der Waals surface area contributed by atoms with Gasteiger partial charge < -0.3 is 38.5 Å². The van der Waals surface area contributed by atoms with Gasteiger partial charge in [0.15, 0.2) is 0 Å². The number of unbranched alkanes of at least 4 members (excludes halogenated alkanes) is 46. The first-order chi connectivity index (χ1) is 60.2. The van der Waals surface area contributed by atoms with Gasteiger partial charge in [-0.2, -0.15) is 0 Å². The molecule has 13 nitrogen and oxygen atoms in total. The molecule has 1 amide bonds. The Morgan fingerprint density at radius 1 is 0.187 bits per heavy atom. The molecular formula is C110H216N4O9. The van der Waals surface area contributed by atoms with Crippen LogP contribution in [0.4, 0.5) is 0 Å². The van der Waals surface area contributed by atoms with Crippen LogP contribution < -0.4 is 0 Å². The molecule has 2 atom stereocenters. The van der Waals surface area contributed by atoms with Crippen LogP contribution in [0.1, 0.15) is 555 Å². The lowest BCUT2D eigenvalue weighted by Gasteiger charge is -2.23. The van der Waals surface area contributed by atoms with Crippen LogP contribution in [0.3, 0.4) is 0 Å². The van der Waals surface area contributed by atoms with Gasteiger partial charge in [-0.3, -0.25) is 24.0 Å². The van der Waals surface area contributed by atoms with Crippen molar-refractivity contribution in [2.45, 2.75) is 555 Å². The monoisotopic (exact) mass is 1740 g/mol. The van der Waals surface area contributed by atoms with Crippen LogP contribution in [0, 0.1) is 23.7 Å². The van der Waals surface area contributed by atoms with Crippen LogP contribution in [0.5, 0.6) is 0 Å². The molecule has 0 saturated heterocycles. The number of amides is 1. The van der Waals surface area contributed by atoms with Crippen LogP contribution in [0.15, 0.2) is 0 Å². The Balaban J connectivity index is 4.44. The van der Waals surface area contributed by atoms with Crippen molar-refractivity contribution in [3.63, 3.8) is 0 Å². The first-order valence-corrected chi connectivity index (χ1v) is 55.1. The summed E-state index contributed by atoms with van der Waals surface area (Å²) in [6.45, 7) is 23.3. The molecule has 0 N–H and O–H groups in total. The van der Waals surface area contributed by atoms with E-state index >= 15 is 0 Å². The summed E-state index contributed by atoms with van der Waals surface area (Å²) >= 11 is 0. The summed E-state index contributed by atoms with van der Waals surface area (Å²) in [4.78, 5) is 73.4. The topological polar surface area (TPSA) is 135 Å². The molecule has 0 rings (SSSR count). The van der Waals surface area contributed by atoms with E-state index in [9.17, 15) is 24.0 Å². The molecule has 0 spiro atoms. The summed E-state index contributed by atoms with van der Waals surface area (Å²) < 4.78 is 22.9. The molecule has 0 aromatic heterocycles. The lowest BCUT2D eigenvalue weighted by atomic mass is 9.90. The van der Waals surface area contributed by atoms with Crippen molar-refractivity contribution < 1.29 is 42.9 Å². The quantitative estimate of drug-likeness (QED) is 0.0326. The van der Waals surface area contributed by atoms with Crippen LogP contribution in [-0.4, -0.2) is 150 Å². The van der Waals surface area contributed by atoms with E-state index in [0.717, 1.165) is 178 Å². The van der Waals surface area contributed by atoms with Gasteiger partial charge in [0.25, 0.3) is 0 Å². The standard InChI is InChI=1S/C110H216N4O9/c1-11-17-23-49-74-102(75-50-24-18-12-2)82-61-69-98-120-107(116)87-59-43-37-47-65-96-114(106(115)86-71-92-112(9)10)97-66-48-38-44-60-88-108(117)121-99-70-62-83-103(76-51-25-19-13-3)80-55-39-33-31-29-30-32-34-40-56-81-105(79-54-28-22-16-6)85-73-101-123-110(119)90-58-42-36-46-64-94-113(95-68-67-91-111(7)8)93-63-45-35-41-57-89-109(118)122-100-72-84-104(77-52-26-20-14-4)78-53-27-21-15-5/h102-105H,11-101H2,1-10H3. The molecule has 0 heterocycles. The fourth-order valence-corrected chi connectivity index (χ4v) is 18.7. The molecule has 0 aliphatic rings. The van der Waals surface area contributed by atoms with E-state index in [-0.39, 0.29) is 29.8 Å². The second kappa shape index (κ2) is 96.8. The van der Waals surface area contributed by atoms with Crippen molar-refractivity contribution in [2.24, 2.45) is 23.7 Å². The number of rotatable bonds is 102. The van der Waals surface area contributed by atoms with Crippen LogP contribution in [0.25, 0.3) is 0 Å². The van der Waals surface area contributed by atoms with Gasteiger partial charge in [0.1, 0.15) is 0 Å². The highest BCUT2D eigenvalue weighted by atomic mass is 16.5. The van der Waals surface area contributed by atoms with Gasteiger partial charge in [0.05, 0.1) is 26.4 Å². The summed E-state index contributed by atoms with van der Waals surface area (Å²) in [6.07, 6.45) is 95.6. The number of nitrogens with zero attached hydrogens (tertiary/aromatic N) is 4. The van der Waals surface area contributed by atoms with Gasteiger partial charge >= 0.3 is 23.9 Å². The highest BCUT2D eigenvalue weighted by Crippen LogP contribution is 2.29. The Bertz CT molecular complexity index is 2170. The Kier molecular flexibility index (Phi) is 94.6. The molecule has 0 aliphatic carbocycles. The van der Waals surface area contributed by atoms with E-state index < -0.39 is 0 Å². The number of carbonyl (C=O) groups is 5. The smallest absolute Gasteiger partial charge is 0.305 e. The van der Waals surface area contributed by atoms with Crippen molar-refractivity contribution in [1.29, 1.82) is 0 Å². The SMILES string of the molecule is CCCCCCC(CCCCCC)CCCCOC(=O)CCCCCCCN(CCCCCCCC(=O)OCCCCC(CCCCCC)CCCCCCCCCCCCC(CCCCCC)CCCOC(=O)CCCCCCCN(CCCCCCCC(=O)OCCCC(CCCCCC)CCCCCC)CCCCN(C)C)C(=O)CCCN(C)C. The lowest BCUT2D eigenvalue weighted by Crippen LogP contribution is -2.33. The highest BCUT2D eigenvalue weighted by Gasteiger charge is 2.18. The van der Waals surface area contributed by atoms with Crippen LogP contribution in [0.2, 0.25) is 0 Å². The zero-order valence-corrected chi connectivity index (χ0v) is 84.6. The number of hydrogen-bond acceptors (Lipinski definition) is 12. The summed E-state index contributed by atoms with van der Waals surface area (Å²) in [5.74, 6) is 3.42. The summed E-state index contributed by atoms with van der Waals surface area (Å²) in [5.41, 5.74) is 0. The minimum atomic E-state index is -0.0391. The first-order valence-electron chi connectivity index (χ1n) is 55.1. The summed E-state index contributed by atoms with van der Waals surface area (Å²) in [5, 5.41) is 0. The largest absolute Gasteiger partial charge is 0.466 e. The maximum Gasteiger partial charge on any atom is 0.305 e. The van der Waals surface area contributed by atoms with E-state index in [1.807, 2.05) is 0 Å². The number of hydrogen-bond donors (Lipinski definition) is 0. The Morgan fingerprint density at radius 3 is 0.634 bits per heavy atom. The van der Waals surface area contributed by atoms with Gasteiger partial charge in [-0.15, -0.1) is 0 Å². The van der Waals surface area contributed by atoms with E-state index in [1.54, 1.807) is 0 Å². The molecule has 0 aromatic carbocycles. The van der Waals surface area contributed by atoms with E-state index in [2.05, 4.69) is 89.3 Å². The van der Waals surface area contributed by atoms with E-state index in [4.69, 9.17) is 18.9 Å². The third-order valence-electron chi connectivity index (χ3n) is 26.9. The molecule has 2 unspecified atom stereocenters. The van der Waals surface area contributed by atoms with Crippen molar-refractivity contribution in [3.05, 3.63) is 0 Å². The van der Waals surface area contributed by atoms with Gasteiger partial charge in [-0.1, -0.05) is 401 Å². The molecule has 0 fully saturated rings. The van der Waals surface area contributed by atoms with Crippen molar-refractivity contribution in [1.82, 2.24) is 19.6 Å². The molecule has 123 heavy (non-hydrogen) atoms. The van der Waals surface area contributed by atoms with Crippen molar-refractivity contribution in [2.75, 3.05) is 100 Å². The Hall–Kier alpha value is -2.77. The predicted molar refractivity (Wildman–Crippen MR) is 531 cm³/mol. The lowest BCUT2D eigenvalue weighted by molar-refractivity contribution is -0.144. The van der Waals surface area contributed by atoms with Gasteiger partial charge in [-0.25, -0.2) is 0 Å². The highest BCUT2D eigenvalue weighted by molar-refractivity contribution is 5.76. The van der Waals surface area contributed by atoms with Crippen molar-refractivity contribution in [3.8, 4) is 0 Å². The average Bonchev–Trinajstić information content (AvgIpc) is 0.939. The molecular weight excluding hydrogens is 1520 g/mol. The summed E-state index contributed by atoms with van der Waals surface area (Å²) in [7, 11) is 8.49. The maximum absolute atomic E-state index is 13.4. The molecule has 0 radical (unpaired) electrons. The number of carbonyl (C=O) groups excluding carboxylic acids is 5. The number of ether oxygens (including phenoxy) is 4. The molecule has 0 aromatic rings. The minimum Gasteiger partial charge on any atom is -0.466 e. The molecule has 730 valence electrons. The molecule has 13 heteroatoms. The Morgan fingerprint density at radius 2 is 0.374 bits per heavy atom. The average molecular weight is 1740 g/mol. The van der Waals surface area contributed by atoms with E-state index in [1.165, 1.54) is 373 Å². The zero-order chi connectivity index (χ0) is 89.7. The van der Waals surface area contributed by atoms with Crippen LogP contribution in [-0.2, 0) is 42.9 Å².